The van der Waals surface area contributed by atoms with Gasteiger partial charge >= 0.3 is 24.0 Å². The number of nitrogens with zero attached hydrogens (tertiary/aromatic N) is 3. The molecule has 22 heteroatoms. The monoisotopic (exact) mass is 1580 g/mol. The summed E-state index contributed by atoms with van der Waals surface area (Å²) in [7, 11) is 1.26. The molecule has 4 aromatic rings. The van der Waals surface area contributed by atoms with Gasteiger partial charge in [-0.25, -0.2) is 14.4 Å². The Bertz CT molecular complexity index is 3730. The minimum Gasteiger partial charge on any atom is -0.480 e. The van der Waals surface area contributed by atoms with Gasteiger partial charge in [0, 0.05) is 86.5 Å². The summed E-state index contributed by atoms with van der Waals surface area (Å²) in [5.41, 5.74) is 22.3. The van der Waals surface area contributed by atoms with E-state index in [1.54, 1.807) is 46.8 Å². The van der Waals surface area contributed by atoms with Crippen molar-refractivity contribution < 1.29 is 61.4 Å². The summed E-state index contributed by atoms with van der Waals surface area (Å²) < 4.78 is 47.4. The Hall–Kier alpha value is -5.72. The number of aliphatic hydroxyl groups is 1. The molecule has 7 N–H and O–H groups in total. The number of carboxylic acids is 1. The van der Waals surface area contributed by atoms with Crippen LogP contribution in [0.1, 0.15) is 242 Å². The number of hydrogen-bond donors (Lipinski definition) is 6. The van der Waals surface area contributed by atoms with E-state index in [1.807, 2.05) is 27.7 Å². The third-order valence-electron chi connectivity index (χ3n) is 21.8. The number of benzene rings is 4. The molecule has 0 aromatic heterocycles. The van der Waals surface area contributed by atoms with E-state index in [2.05, 4.69) is 161 Å². The third-order valence-corrected chi connectivity index (χ3v) is 23.2. The Morgan fingerprint density at radius 2 is 0.907 bits per heavy atom. The summed E-state index contributed by atoms with van der Waals surface area (Å²) in [6.07, 6.45) is 8.11. The highest BCUT2D eigenvalue weighted by atomic mass is 79.9. The van der Waals surface area contributed by atoms with Gasteiger partial charge in [0.2, 0.25) is 7.85 Å². The number of alkyl carbamates (subject to hydrolysis) is 1. The number of hydrogen-bond acceptors (Lipinski definition) is 15. The van der Waals surface area contributed by atoms with Gasteiger partial charge in [-0.2, -0.15) is 8.42 Å². The first kappa shape index (κ1) is 94.7. The first-order valence-corrected chi connectivity index (χ1v) is 40.9. The topological polar surface area (TPSA) is 268 Å². The number of carbonyl (C=O) groups excluding carboxylic acids is 4. The molecular weight excluding hydrogens is 1450 g/mol. The number of ether oxygens (including phenoxy) is 3. The van der Waals surface area contributed by atoms with Crippen molar-refractivity contribution in [3.05, 3.63) is 132 Å². The van der Waals surface area contributed by atoms with Gasteiger partial charge in [-0.15, -0.1) is 0 Å². The zero-order valence-electron chi connectivity index (χ0n) is 67.5. The van der Waals surface area contributed by atoms with Gasteiger partial charge in [0.1, 0.15) is 35.9 Å². The number of nitrogens with two attached hydrogens (primary N) is 1. The van der Waals surface area contributed by atoms with Crippen LogP contribution in [0.2, 0.25) is 0 Å². The highest BCUT2D eigenvalue weighted by molar-refractivity contribution is 9.10. The second-order valence-corrected chi connectivity index (χ2v) is 36.6. The van der Waals surface area contributed by atoms with E-state index < -0.39 is 51.7 Å². The first-order valence-electron chi connectivity index (χ1n) is 38.7. The Labute approximate surface area is 659 Å². The second kappa shape index (κ2) is 41.7. The van der Waals surface area contributed by atoms with Gasteiger partial charge in [0.25, 0.3) is 10.1 Å². The standard InChI is InChI=1S/C25H37BN2O3.C24H38N2O2.C19H29NO.C10H19NO4.C6H5BrO3S.2CH4/c1-14(2)9-19-13-28-8-7-18-10-16(5)17(6)11-20(18)21(28)12-22(19)31-24(29)23(15(3)4)27-25(26)30;1-14(2)9-19-13-26-8-7-18-10-16(5)17(6)11-20(18)21(26)12-22(19)28-24(27)23(25)15(3)4;1-12(2)7-16-11-20-6-5-15-8-13(3)14(4)9-17(15)18(20)10-19(16)21;1-6(2)7(8(12)13)11-9(14)15-10(3,4)5;7-5-1-3-6(4-2-5)11(8,9)10;;/h10-11,14-15,19,21-23H,7-9,12-13H2,1-6H3,(H,27,30);10-11,14-15,19,21-23H,7-9,12-13,25H2,1-6H3;8-9,12,16,18-19,21H,5-7,10-11H2,1-4H3;6-7H,1-5H3,(H,11,14)(H,12,13);1-4H,(H,8,9,10);2*1H4/t19-,21-,22-,23?;19-,21-,22-,23+;16-,18-,19-;7-;;;/m1110.../s1. The molecule has 19 nitrogen and oxygen atoms in total. The van der Waals surface area contributed by atoms with Crippen molar-refractivity contribution in [3.63, 3.8) is 0 Å². The number of aryl methyl sites for hydroxylation is 6. The quantitative estimate of drug-likeness (QED) is 0.0248. The lowest BCUT2D eigenvalue weighted by Crippen LogP contribution is -2.52. The van der Waals surface area contributed by atoms with Crippen LogP contribution in [0.4, 0.5) is 9.59 Å². The summed E-state index contributed by atoms with van der Waals surface area (Å²) in [5, 5.41) is 24.3. The molecule has 4 aromatic carbocycles. The number of carbonyl (C=O) groups is 5. The smallest absolute Gasteiger partial charge is 0.408 e. The van der Waals surface area contributed by atoms with Gasteiger partial charge in [-0.1, -0.05) is 150 Å². The molecule has 10 rings (SSSR count). The molecule has 604 valence electrons. The average molecular weight is 1580 g/mol. The Balaban J connectivity index is 0.000000296. The third kappa shape index (κ3) is 27.3. The zero-order chi connectivity index (χ0) is 79.3. The van der Waals surface area contributed by atoms with Crippen LogP contribution in [0.3, 0.4) is 0 Å². The fraction of sp³-hybridized carbons (Fsp3) is 0.663. The molecule has 2 amide bonds. The number of piperidine rings is 3. The minimum atomic E-state index is -4.04. The van der Waals surface area contributed by atoms with Gasteiger partial charge in [0.05, 0.1) is 11.0 Å². The van der Waals surface area contributed by atoms with Crippen molar-refractivity contribution in [3.8, 4) is 0 Å². The lowest BCUT2D eigenvalue weighted by Gasteiger charge is -2.47. The molecule has 0 aliphatic carbocycles. The molecule has 12 atom stereocenters. The van der Waals surface area contributed by atoms with Gasteiger partial charge in [0.15, 0.2) is 5.81 Å². The summed E-state index contributed by atoms with van der Waals surface area (Å²) in [6.45, 7) is 49.2. The summed E-state index contributed by atoms with van der Waals surface area (Å²) in [6, 6.07) is 18.7. The van der Waals surface area contributed by atoms with Gasteiger partial charge in [-0.3, -0.25) is 28.8 Å². The van der Waals surface area contributed by atoms with Crippen LogP contribution in [-0.2, 0) is 58.0 Å². The number of esters is 2. The number of halogens is 1. The lowest BCUT2D eigenvalue weighted by atomic mass is 9.78. The Morgan fingerprint density at radius 1 is 0.556 bits per heavy atom. The second-order valence-electron chi connectivity index (χ2n) is 34.2. The van der Waals surface area contributed by atoms with Crippen molar-refractivity contribution in [2.45, 2.75) is 283 Å². The molecule has 6 heterocycles. The number of carboxylic acid groups (broad SMARTS) is 1. The van der Waals surface area contributed by atoms with Crippen LogP contribution in [0.5, 0.6) is 0 Å². The lowest BCUT2D eigenvalue weighted by molar-refractivity contribution is -0.161. The molecule has 108 heavy (non-hydrogen) atoms. The van der Waals surface area contributed by atoms with Crippen LogP contribution >= 0.6 is 15.9 Å². The largest absolute Gasteiger partial charge is 0.480 e. The summed E-state index contributed by atoms with van der Waals surface area (Å²) >= 11 is 3.14. The van der Waals surface area contributed by atoms with E-state index in [-0.39, 0.29) is 79.7 Å². The summed E-state index contributed by atoms with van der Waals surface area (Å²) in [5.74, 6) is 0.345. The van der Waals surface area contributed by atoms with E-state index in [0.29, 0.717) is 41.7 Å². The SMILES string of the molecule is C.C.CC(C)[C@H](NC(=O)OC(C)(C)C)C(=O)O.Cc1cc2c(cc1C)[C@H]1C[C@@H](O)[C@H](CC(C)C)CN1CC2.Cc1cc2c(cc1C)[C@H]1C[C@@H](OC(=O)[C@@H](N)C(C)C)[C@H](CC(C)C)CN1CC2.O=S(=O)(O)c1ccc(Br)cc1.[B]C(=O)NC(C(=O)O[C@@H]1C[C@@H]2c3cc(C)c(C)cc3CCN2C[C@H]1CC(C)C)C(C)C. The number of rotatable bonds is 17. The predicted molar refractivity (Wildman–Crippen MR) is 439 cm³/mol. The number of fused-ring (bicyclic) bond motifs is 9. The van der Waals surface area contributed by atoms with E-state index in [0.717, 1.165) is 102 Å². The molecule has 1 unspecified atom stereocenters. The van der Waals surface area contributed by atoms with Crippen LogP contribution < -0.4 is 16.4 Å². The van der Waals surface area contributed by atoms with Crippen molar-refractivity contribution in [2.75, 3.05) is 39.3 Å². The van der Waals surface area contributed by atoms with Crippen LogP contribution in [-0.4, -0.2) is 157 Å². The van der Waals surface area contributed by atoms with Crippen LogP contribution in [0.25, 0.3) is 0 Å². The fourth-order valence-corrected chi connectivity index (χ4v) is 16.6. The van der Waals surface area contributed by atoms with E-state index in [1.165, 1.54) is 78.9 Å². The molecule has 6 aliphatic heterocycles. The van der Waals surface area contributed by atoms with Crippen molar-refractivity contribution in [1.82, 2.24) is 25.3 Å². The number of aliphatic hydroxyl groups excluding tert-OH is 1. The molecule has 3 saturated heterocycles. The van der Waals surface area contributed by atoms with E-state index in [9.17, 15) is 37.5 Å². The Morgan fingerprint density at radius 3 is 1.24 bits per heavy atom. The van der Waals surface area contributed by atoms with Crippen LogP contribution in [0, 0.1) is 94.8 Å². The van der Waals surface area contributed by atoms with Crippen molar-refractivity contribution in [1.29, 1.82) is 0 Å². The highest BCUT2D eigenvalue weighted by Gasteiger charge is 2.45. The zero-order valence-corrected chi connectivity index (χ0v) is 69.9. The highest BCUT2D eigenvalue weighted by Crippen LogP contribution is 2.45. The minimum absolute atomic E-state index is 0. The number of nitrogens with one attached hydrogen (secondary N) is 2. The van der Waals surface area contributed by atoms with E-state index >= 15 is 0 Å². The van der Waals surface area contributed by atoms with Gasteiger partial charge in [-0.05, 0) is 240 Å². The van der Waals surface area contributed by atoms with Crippen molar-refractivity contribution >= 4 is 63.7 Å². The maximum Gasteiger partial charge on any atom is 0.408 e. The summed E-state index contributed by atoms with van der Waals surface area (Å²) in [4.78, 5) is 66.8. The average Bonchev–Trinajstić information content (AvgIpc) is 0.780. The molecule has 0 saturated carbocycles. The van der Waals surface area contributed by atoms with Crippen molar-refractivity contribution in [2.24, 2.45) is 59.0 Å². The molecular formula is C86H136BBrN6O13S. The molecule has 0 bridgehead atoms. The molecule has 2 radical (unpaired) electrons. The fourth-order valence-electron chi connectivity index (χ4n) is 15.8. The Kier molecular flexibility index (Phi) is 36.6. The van der Waals surface area contributed by atoms with E-state index in [4.69, 9.17) is 37.4 Å². The number of amides is 2. The maximum atomic E-state index is 13.0. The predicted octanol–water partition coefficient (Wildman–Crippen LogP) is 16.5. The molecule has 0 spiro atoms. The van der Waals surface area contributed by atoms with Crippen LogP contribution in [0.15, 0.2) is 70.0 Å². The first-order chi connectivity index (χ1) is 49.3. The molecule has 3 fully saturated rings. The van der Waals surface area contributed by atoms with Gasteiger partial charge < -0.3 is 40.8 Å². The molecule has 6 aliphatic rings. The normalized spacial score (nSPS) is 22.5. The maximum absolute atomic E-state index is 13.0. The number of aliphatic carboxylic acids is 1.